The summed E-state index contributed by atoms with van der Waals surface area (Å²) in [6, 6.07) is 0.0492. The van der Waals surface area contributed by atoms with Crippen LogP contribution in [0, 0.1) is 5.92 Å². The van der Waals surface area contributed by atoms with Crippen molar-refractivity contribution in [2.24, 2.45) is 11.7 Å². The van der Waals surface area contributed by atoms with E-state index in [0.717, 1.165) is 12.8 Å². The highest BCUT2D eigenvalue weighted by molar-refractivity contribution is 5.82. The molecule has 1 aliphatic carbocycles. The molecule has 0 aliphatic heterocycles. The van der Waals surface area contributed by atoms with Crippen LogP contribution in [0.2, 0.25) is 0 Å². The van der Waals surface area contributed by atoms with Crippen LogP contribution in [0.25, 0.3) is 0 Å². The molecule has 10 heavy (non-hydrogen) atoms. The summed E-state index contributed by atoms with van der Waals surface area (Å²) in [6.07, 6.45) is 4.01. The van der Waals surface area contributed by atoms with Gasteiger partial charge in [-0.25, -0.2) is 0 Å². The second kappa shape index (κ2) is 3.15. The Hall–Kier alpha value is -0.370. The molecule has 2 nitrogen and oxygen atoms in total. The predicted octanol–water partition coefficient (Wildman–Crippen LogP) is 1.09. The van der Waals surface area contributed by atoms with E-state index in [0.29, 0.717) is 18.1 Å². The molecular formula is C8H15NO. The summed E-state index contributed by atoms with van der Waals surface area (Å²) in [6.45, 7) is 1.89. The van der Waals surface area contributed by atoms with Crippen LogP contribution < -0.4 is 5.73 Å². The number of rotatable bonds is 3. The van der Waals surface area contributed by atoms with E-state index in [2.05, 4.69) is 0 Å². The van der Waals surface area contributed by atoms with Crippen molar-refractivity contribution in [3.8, 4) is 0 Å². The Labute approximate surface area is 61.8 Å². The maximum atomic E-state index is 11.2. The summed E-state index contributed by atoms with van der Waals surface area (Å²) in [5.74, 6) is 0.743. The normalized spacial score (nSPS) is 21.8. The molecule has 2 N–H and O–H groups in total. The molecule has 1 atom stereocenters. The minimum absolute atomic E-state index is 0.0492. The minimum Gasteiger partial charge on any atom is -0.328 e. The van der Waals surface area contributed by atoms with Gasteiger partial charge in [0.2, 0.25) is 0 Å². The number of nitrogens with two attached hydrogens (primary N) is 1. The molecular weight excluding hydrogens is 126 g/mol. The lowest BCUT2D eigenvalue weighted by molar-refractivity contribution is -0.125. The number of ketones is 1. The van der Waals surface area contributed by atoms with Gasteiger partial charge in [0.25, 0.3) is 0 Å². The quantitative estimate of drug-likeness (QED) is 0.639. The number of hydrogen-bond acceptors (Lipinski definition) is 2. The lowest BCUT2D eigenvalue weighted by atomic mass is 9.80. The molecule has 1 rings (SSSR count). The van der Waals surface area contributed by atoms with Crippen LogP contribution in [0.4, 0.5) is 0 Å². The molecule has 0 radical (unpaired) electrons. The van der Waals surface area contributed by atoms with E-state index in [9.17, 15) is 4.79 Å². The fourth-order valence-corrected chi connectivity index (χ4v) is 1.21. The molecule has 1 saturated carbocycles. The second-order valence-corrected chi connectivity index (χ2v) is 3.28. The second-order valence-electron chi connectivity index (χ2n) is 3.28. The van der Waals surface area contributed by atoms with E-state index >= 15 is 0 Å². The van der Waals surface area contributed by atoms with E-state index < -0.39 is 0 Å². The SMILES string of the molecule is CC(N)CC(=O)C1CCC1. The zero-order valence-electron chi connectivity index (χ0n) is 6.47. The summed E-state index contributed by atoms with van der Waals surface area (Å²) in [5, 5.41) is 0. The Kier molecular flexibility index (Phi) is 2.44. The lowest BCUT2D eigenvalue weighted by Crippen LogP contribution is -2.28. The fraction of sp³-hybridized carbons (Fsp3) is 0.875. The van der Waals surface area contributed by atoms with Crippen LogP contribution >= 0.6 is 0 Å². The highest BCUT2D eigenvalue weighted by Crippen LogP contribution is 2.28. The average Bonchev–Trinajstić information content (AvgIpc) is 1.55. The maximum Gasteiger partial charge on any atom is 0.137 e. The molecule has 0 heterocycles. The molecule has 0 spiro atoms. The van der Waals surface area contributed by atoms with Gasteiger partial charge in [0.05, 0.1) is 0 Å². The van der Waals surface area contributed by atoms with E-state index in [1.165, 1.54) is 6.42 Å². The minimum atomic E-state index is 0.0492. The van der Waals surface area contributed by atoms with Gasteiger partial charge < -0.3 is 5.73 Å². The van der Waals surface area contributed by atoms with Crippen LogP contribution in [-0.2, 0) is 4.79 Å². The van der Waals surface area contributed by atoms with Crippen molar-refractivity contribution < 1.29 is 4.79 Å². The number of carbonyl (C=O) groups is 1. The fourth-order valence-electron chi connectivity index (χ4n) is 1.21. The summed E-state index contributed by atoms with van der Waals surface area (Å²) in [4.78, 5) is 11.2. The Bertz CT molecular complexity index is 127. The first kappa shape index (κ1) is 7.73. The topological polar surface area (TPSA) is 43.1 Å². The van der Waals surface area contributed by atoms with Gasteiger partial charge in [-0.05, 0) is 19.8 Å². The van der Waals surface area contributed by atoms with Gasteiger partial charge in [-0.3, -0.25) is 4.79 Å². The monoisotopic (exact) mass is 141 g/mol. The van der Waals surface area contributed by atoms with E-state index in [-0.39, 0.29) is 6.04 Å². The zero-order valence-corrected chi connectivity index (χ0v) is 6.47. The highest BCUT2D eigenvalue weighted by atomic mass is 16.1. The molecule has 0 amide bonds. The van der Waals surface area contributed by atoms with Crippen molar-refractivity contribution >= 4 is 5.78 Å². The van der Waals surface area contributed by atoms with Gasteiger partial charge in [-0.1, -0.05) is 6.42 Å². The Morgan fingerprint density at radius 3 is 2.60 bits per heavy atom. The average molecular weight is 141 g/mol. The van der Waals surface area contributed by atoms with Crippen LogP contribution in [0.1, 0.15) is 32.6 Å². The molecule has 1 aliphatic rings. The van der Waals surface area contributed by atoms with E-state index in [1.807, 2.05) is 6.92 Å². The first-order valence-corrected chi connectivity index (χ1v) is 3.98. The maximum absolute atomic E-state index is 11.2. The Balaban J connectivity index is 2.20. The molecule has 0 saturated heterocycles. The summed E-state index contributed by atoms with van der Waals surface area (Å²) in [5.41, 5.74) is 5.49. The van der Waals surface area contributed by atoms with Crippen LogP contribution in [-0.4, -0.2) is 11.8 Å². The highest BCUT2D eigenvalue weighted by Gasteiger charge is 2.24. The molecule has 0 aromatic heterocycles. The van der Waals surface area contributed by atoms with Gasteiger partial charge in [0, 0.05) is 18.4 Å². The van der Waals surface area contributed by atoms with Crippen molar-refractivity contribution in [2.75, 3.05) is 0 Å². The van der Waals surface area contributed by atoms with E-state index in [1.54, 1.807) is 0 Å². The Morgan fingerprint density at radius 2 is 2.30 bits per heavy atom. The lowest BCUT2D eigenvalue weighted by Gasteiger charge is -2.24. The predicted molar refractivity (Wildman–Crippen MR) is 40.6 cm³/mol. The molecule has 0 bridgehead atoms. The first-order valence-electron chi connectivity index (χ1n) is 3.98. The number of Topliss-reactive ketones (excluding diaryl/α,β-unsaturated/α-hetero) is 1. The first-order chi connectivity index (χ1) is 4.70. The zero-order chi connectivity index (χ0) is 7.56. The molecule has 1 fully saturated rings. The van der Waals surface area contributed by atoms with Gasteiger partial charge >= 0.3 is 0 Å². The third kappa shape index (κ3) is 1.81. The summed E-state index contributed by atoms with van der Waals surface area (Å²) in [7, 11) is 0. The van der Waals surface area contributed by atoms with E-state index in [4.69, 9.17) is 5.73 Å². The third-order valence-corrected chi connectivity index (χ3v) is 2.08. The third-order valence-electron chi connectivity index (χ3n) is 2.08. The molecule has 1 unspecified atom stereocenters. The van der Waals surface area contributed by atoms with Crippen LogP contribution in [0.3, 0.4) is 0 Å². The summed E-state index contributed by atoms with van der Waals surface area (Å²) < 4.78 is 0. The summed E-state index contributed by atoms with van der Waals surface area (Å²) >= 11 is 0. The molecule has 2 heteroatoms. The van der Waals surface area contributed by atoms with Crippen molar-refractivity contribution in [1.82, 2.24) is 0 Å². The van der Waals surface area contributed by atoms with Crippen LogP contribution in [0.15, 0.2) is 0 Å². The molecule has 0 aromatic carbocycles. The molecule has 0 aromatic rings. The Morgan fingerprint density at radius 1 is 1.70 bits per heavy atom. The standard InChI is InChI=1S/C8H15NO/c1-6(9)5-8(10)7-3-2-4-7/h6-7H,2-5,9H2,1H3. The van der Waals surface area contributed by atoms with Gasteiger partial charge in [0.1, 0.15) is 5.78 Å². The largest absolute Gasteiger partial charge is 0.328 e. The van der Waals surface area contributed by atoms with Gasteiger partial charge in [-0.2, -0.15) is 0 Å². The van der Waals surface area contributed by atoms with Gasteiger partial charge in [-0.15, -0.1) is 0 Å². The number of carbonyl (C=O) groups excluding carboxylic acids is 1. The molecule has 58 valence electrons. The van der Waals surface area contributed by atoms with Crippen molar-refractivity contribution in [3.63, 3.8) is 0 Å². The van der Waals surface area contributed by atoms with Crippen molar-refractivity contribution in [3.05, 3.63) is 0 Å². The smallest absolute Gasteiger partial charge is 0.137 e. The number of hydrogen-bond donors (Lipinski definition) is 1. The van der Waals surface area contributed by atoms with Crippen molar-refractivity contribution in [1.29, 1.82) is 0 Å². The van der Waals surface area contributed by atoms with Crippen molar-refractivity contribution in [2.45, 2.75) is 38.6 Å². The van der Waals surface area contributed by atoms with Crippen LogP contribution in [0.5, 0.6) is 0 Å². The van der Waals surface area contributed by atoms with Gasteiger partial charge in [0.15, 0.2) is 0 Å².